The molecule has 0 bridgehead atoms. The van der Waals surface area contributed by atoms with E-state index in [1.165, 1.54) is 0 Å². The van der Waals surface area contributed by atoms with Gasteiger partial charge in [-0.25, -0.2) is 4.98 Å². The summed E-state index contributed by atoms with van der Waals surface area (Å²) in [7, 11) is 1.67. The number of methoxy groups -OCH3 is 1. The molecular weight excluding hydrogens is 481 g/mol. The van der Waals surface area contributed by atoms with Crippen LogP contribution in [0.1, 0.15) is 18.4 Å². The third-order valence-corrected chi connectivity index (χ3v) is 7.07. The summed E-state index contributed by atoms with van der Waals surface area (Å²) in [5.41, 5.74) is 5.24. The van der Waals surface area contributed by atoms with Crippen LogP contribution in [0.25, 0.3) is 33.3 Å². The number of hydrogen-bond acceptors (Lipinski definition) is 4. The maximum absolute atomic E-state index is 11.4. The van der Waals surface area contributed by atoms with Crippen molar-refractivity contribution in [2.24, 2.45) is 0 Å². The second kappa shape index (κ2) is 10.2. The topological polar surface area (TPSA) is 63.2 Å². The Kier molecular flexibility index (Phi) is 6.91. The number of amides is 1. The van der Waals surface area contributed by atoms with Gasteiger partial charge in [0, 0.05) is 58.2 Å². The van der Waals surface area contributed by atoms with E-state index in [9.17, 15) is 4.79 Å². The second-order valence-electron chi connectivity index (χ2n) is 8.60. The molecule has 1 fully saturated rings. The molecule has 0 saturated carbocycles. The smallest absolute Gasteiger partial charge is 0.220 e. The van der Waals surface area contributed by atoms with E-state index in [0.29, 0.717) is 23.0 Å². The van der Waals surface area contributed by atoms with E-state index in [1.54, 1.807) is 7.11 Å². The lowest BCUT2D eigenvalue weighted by atomic mass is 10.0. The Morgan fingerprint density at radius 1 is 1.00 bits per heavy atom. The van der Waals surface area contributed by atoms with Crippen molar-refractivity contribution in [1.82, 2.24) is 15.6 Å². The lowest BCUT2D eigenvalue weighted by Gasteiger charge is -2.15. The van der Waals surface area contributed by atoms with Gasteiger partial charge in [0.15, 0.2) is 0 Å². The molecule has 0 spiro atoms. The van der Waals surface area contributed by atoms with Crippen molar-refractivity contribution in [3.63, 3.8) is 0 Å². The largest absolute Gasteiger partial charge is 0.496 e. The highest BCUT2D eigenvalue weighted by Crippen LogP contribution is 2.39. The molecule has 1 aliphatic rings. The number of pyridine rings is 1. The van der Waals surface area contributed by atoms with E-state index < -0.39 is 0 Å². The number of benzene rings is 3. The molecule has 1 atom stereocenters. The molecule has 1 aromatic heterocycles. The Balaban J connectivity index is 1.43. The van der Waals surface area contributed by atoms with Crippen molar-refractivity contribution >= 4 is 40.0 Å². The molecule has 35 heavy (non-hydrogen) atoms. The van der Waals surface area contributed by atoms with Crippen LogP contribution in [-0.4, -0.2) is 30.6 Å². The summed E-state index contributed by atoms with van der Waals surface area (Å²) >= 11 is 13.3. The summed E-state index contributed by atoms with van der Waals surface area (Å²) in [6.07, 6.45) is 1.47. The minimum Gasteiger partial charge on any atom is -0.496 e. The van der Waals surface area contributed by atoms with Crippen molar-refractivity contribution in [3.8, 4) is 28.1 Å². The third kappa shape index (κ3) is 4.85. The predicted molar refractivity (Wildman–Crippen MR) is 142 cm³/mol. The minimum atomic E-state index is 0.125. The van der Waals surface area contributed by atoms with E-state index in [4.69, 9.17) is 32.9 Å². The highest BCUT2D eigenvalue weighted by Gasteiger charge is 2.20. The molecule has 7 heteroatoms. The third-order valence-electron chi connectivity index (χ3n) is 6.34. The SMILES string of the molecule is COc1c(CNC[C@@H]2CCC(=O)N2)ccc2nc(-c3cccc(-c4ccccc4Cl)c3Cl)ccc12. The first-order valence-corrected chi connectivity index (χ1v) is 12.3. The number of nitrogens with zero attached hydrogens (tertiary/aromatic N) is 1. The summed E-state index contributed by atoms with van der Waals surface area (Å²) in [5.74, 6) is 0.917. The Bertz CT molecular complexity index is 1410. The van der Waals surface area contributed by atoms with Crippen LogP contribution >= 0.6 is 23.2 Å². The van der Waals surface area contributed by atoms with Crippen LogP contribution in [0.4, 0.5) is 0 Å². The van der Waals surface area contributed by atoms with Crippen LogP contribution in [0, 0.1) is 0 Å². The summed E-state index contributed by atoms with van der Waals surface area (Å²) in [6.45, 7) is 1.36. The summed E-state index contributed by atoms with van der Waals surface area (Å²) in [4.78, 5) is 16.3. The number of aromatic nitrogens is 1. The average molecular weight is 506 g/mol. The number of halogens is 2. The maximum Gasteiger partial charge on any atom is 0.220 e. The van der Waals surface area contributed by atoms with Crippen LogP contribution < -0.4 is 15.4 Å². The number of carbonyl (C=O) groups excluding carboxylic acids is 1. The Hall–Kier alpha value is -3.12. The first-order valence-electron chi connectivity index (χ1n) is 11.6. The zero-order valence-electron chi connectivity index (χ0n) is 19.3. The molecule has 0 unspecified atom stereocenters. The Morgan fingerprint density at radius 3 is 2.57 bits per heavy atom. The van der Waals surface area contributed by atoms with Gasteiger partial charge < -0.3 is 15.4 Å². The van der Waals surface area contributed by atoms with E-state index in [0.717, 1.165) is 57.6 Å². The van der Waals surface area contributed by atoms with Gasteiger partial charge in [-0.3, -0.25) is 4.79 Å². The fraction of sp³-hybridized carbons (Fsp3) is 0.214. The molecule has 1 saturated heterocycles. The molecule has 1 amide bonds. The fourth-order valence-corrected chi connectivity index (χ4v) is 5.14. The Labute approximate surface area is 214 Å². The average Bonchev–Trinajstić information content (AvgIpc) is 3.29. The minimum absolute atomic E-state index is 0.125. The zero-order valence-corrected chi connectivity index (χ0v) is 20.8. The van der Waals surface area contributed by atoms with Gasteiger partial charge in [0.1, 0.15) is 5.75 Å². The molecule has 0 radical (unpaired) electrons. The number of nitrogens with one attached hydrogen (secondary N) is 2. The molecule has 3 aromatic carbocycles. The van der Waals surface area contributed by atoms with E-state index in [1.807, 2.05) is 66.7 Å². The normalized spacial score (nSPS) is 15.4. The monoisotopic (exact) mass is 505 g/mol. The first-order chi connectivity index (χ1) is 17.0. The van der Waals surface area contributed by atoms with Crippen molar-refractivity contribution < 1.29 is 9.53 Å². The number of fused-ring (bicyclic) bond motifs is 1. The highest BCUT2D eigenvalue weighted by atomic mass is 35.5. The second-order valence-corrected chi connectivity index (χ2v) is 9.39. The molecular formula is C28H25Cl2N3O2. The number of rotatable bonds is 7. The van der Waals surface area contributed by atoms with Crippen LogP contribution in [0.2, 0.25) is 10.0 Å². The maximum atomic E-state index is 11.4. The van der Waals surface area contributed by atoms with Crippen LogP contribution in [-0.2, 0) is 11.3 Å². The van der Waals surface area contributed by atoms with Gasteiger partial charge in [0.05, 0.1) is 23.3 Å². The molecule has 1 aliphatic heterocycles. The van der Waals surface area contributed by atoms with Crippen LogP contribution in [0.5, 0.6) is 5.75 Å². The van der Waals surface area contributed by atoms with Gasteiger partial charge in [-0.15, -0.1) is 0 Å². The predicted octanol–water partition coefficient (Wildman–Crippen LogP) is 6.25. The molecule has 2 N–H and O–H groups in total. The fourth-order valence-electron chi connectivity index (χ4n) is 4.58. The summed E-state index contributed by atoms with van der Waals surface area (Å²) in [6, 6.07) is 21.8. The van der Waals surface area contributed by atoms with Crippen molar-refractivity contribution in [3.05, 3.63) is 82.3 Å². The number of hydrogen-bond donors (Lipinski definition) is 2. The molecule has 0 aliphatic carbocycles. The first kappa shape index (κ1) is 23.6. The molecule has 5 nitrogen and oxygen atoms in total. The van der Waals surface area contributed by atoms with Gasteiger partial charge in [0.2, 0.25) is 5.91 Å². The Morgan fingerprint density at radius 2 is 1.80 bits per heavy atom. The van der Waals surface area contributed by atoms with Crippen molar-refractivity contribution in [2.45, 2.75) is 25.4 Å². The highest BCUT2D eigenvalue weighted by molar-refractivity contribution is 6.38. The van der Waals surface area contributed by atoms with E-state index >= 15 is 0 Å². The van der Waals surface area contributed by atoms with Gasteiger partial charge in [0.25, 0.3) is 0 Å². The number of carbonyl (C=O) groups is 1. The van der Waals surface area contributed by atoms with Gasteiger partial charge in [-0.05, 0) is 30.7 Å². The number of ether oxygens (including phenoxy) is 1. The summed E-state index contributed by atoms with van der Waals surface area (Å²) in [5, 5.41) is 8.61. The van der Waals surface area contributed by atoms with Crippen molar-refractivity contribution in [2.75, 3.05) is 13.7 Å². The van der Waals surface area contributed by atoms with Crippen molar-refractivity contribution in [1.29, 1.82) is 0 Å². The van der Waals surface area contributed by atoms with Crippen LogP contribution in [0.15, 0.2) is 66.7 Å². The molecule has 2 heterocycles. The van der Waals surface area contributed by atoms with Crippen LogP contribution in [0.3, 0.4) is 0 Å². The van der Waals surface area contributed by atoms with Gasteiger partial charge in [-0.1, -0.05) is 65.7 Å². The lowest BCUT2D eigenvalue weighted by molar-refractivity contribution is -0.119. The molecule has 178 valence electrons. The molecule has 4 aromatic rings. The van der Waals surface area contributed by atoms with Gasteiger partial charge >= 0.3 is 0 Å². The van der Waals surface area contributed by atoms with Gasteiger partial charge in [-0.2, -0.15) is 0 Å². The van der Waals surface area contributed by atoms with E-state index in [2.05, 4.69) is 10.6 Å². The lowest BCUT2D eigenvalue weighted by Crippen LogP contribution is -2.35. The quantitative estimate of drug-likeness (QED) is 0.311. The molecule has 5 rings (SSSR count). The standard InChI is InChI=1S/C28H25Cl2N3O2/c1-35-28-17(15-31-16-18-10-14-26(34)32-18)9-12-25-22(28)11-13-24(33-25)21-7-4-6-20(27(21)30)19-5-2-3-8-23(19)29/h2-9,11-13,18,31H,10,14-16H2,1H3,(H,32,34)/t18-/m0/s1. The van der Waals surface area contributed by atoms with E-state index in [-0.39, 0.29) is 11.9 Å². The summed E-state index contributed by atoms with van der Waals surface area (Å²) < 4.78 is 5.77. The zero-order chi connectivity index (χ0) is 24.4.